The molecule has 0 saturated carbocycles. The van der Waals surface area contributed by atoms with Gasteiger partial charge in [-0.3, -0.25) is 10.6 Å². The Kier molecular flexibility index (Phi) is 2.97. The molecular formula is C5H15N3. The van der Waals surface area contributed by atoms with E-state index >= 15 is 0 Å². The maximum absolute atomic E-state index is 5.67. The van der Waals surface area contributed by atoms with Crippen LogP contribution in [0.1, 0.15) is 13.3 Å². The summed E-state index contributed by atoms with van der Waals surface area (Å²) in [6.45, 7) is 2.02. The maximum atomic E-state index is 5.67. The van der Waals surface area contributed by atoms with E-state index in [4.69, 9.17) is 5.73 Å². The summed E-state index contributed by atoms with van der Waals surface area (Å²) in [6, 6.07) is 0. The molecule has 0 aromatic heterocycles. The van der Waals surface area contributed by atoms with Gasteiger partial charge in [0.05, 0.1) is 0 Å². The summed E-state index contributed by atoms with van der Waals surface area (Å²) < 4.78 is 0. The smallest absolute Gasteiger partial charge is 0.120 e. The highest BCUT2D eigenvalue weighted by Gasteiger charge is 2.14. The lowest BCUT2D eigenvalue weighted by Crippen LogP contribution is -2.60. The summed E-state index contributed by atoms with van der Waals surface area (Å²) in [7, 11) is 3.67. The third-order valence-corrected chi connectivity index (χ3v) is 1.45. The Hall–Kier alpha value is -0.120. The van der Waals surface area contributed by atoms with Gasteiger partial charge in [-0.05, 0) is 20.5 Å². The molecule has 0 rings (SSSR count). The van der Waals surface area contributed by atoms with Crippen LogP contribution in [0.15, 0.2) is 0 Å². The molecule has 3 nitrogen and oxygen atoms in total. The standard InChI is InChI=1S/C5H15N3/c1-4-5(6,7-2)8-3/h7-8H,4,6H2,1-3H3. The van der Waals surface area contributed by atoms with E-state index in [0.717, 1.165) is 6.42 Å². The lowest BCUT2D eigenvalue weighted by Gasteiger charge is -2.26. The molecule has 0 atom stereocenters. The van der Waals surface area contributed by atoms with Crippen LogP contribution in [0.2, 0.25) is 0 Å². The van der Waals surface area contributed by atoms with Crippen molar-refractivity contribution in [3.05, 3.63) is 0 Å². The lowest BCUT2D eigenvalue weighted by molar-refractivity contribution is 0.296. The van der Waals surface area contributed by atoms with Gasteiger partial charge in [-0.1, -0.05) is 6.92 Å². The van der Waals surface area contributed by atoms with Crippen LogP contribution in [0, 0.1) is 0 Å². The minimum atomic E-state index is -0.375. The summed E-state index contributed by atoms with van der Waals surface area (Å²) in [6.07, 6.45) is 0.875. The van der Waals surface area contributed by atoms with Crippen LogP contribution in [0.4, 0.5) is 0 Å². The molecule has 0 unspecified atom stereocenters. The van der Waals surface area contributed by atoms with E-state index in [0.29, 0.717) is 0 Å². The first-order valence-electron chi connectivity index (χ1n) is 2.85. The number of nitrogens with one attached hydrogen (secondary N) is 2. The lowest BCUT2D eigenvalue weighted by atomic mass is 10.3. The third-order valence-electron chi connectivity index (χ3n) is 1.45. The van der Waals surface area contributed by atoms with Gasteiger partial charge in [-0.2, -0.15) is 0 Å². The van der Waals surface area contributed by atoms with Crippen LogP contribution in [0.25, 0.3) is 0 Å². The van der Waals surface area contributed by atoms with Gasteiger partial charge in [0.2, 0.25) is 0 Å². The van der Waals surface area contributed by atoms with Crippen LogP contribution in [0.3, 0.4) is 0 Å². The normalized spacial score (nSPS) is 12.0. The topological polar surface area (TPSA) is 50.1 Å². The van der Waals surface area contributed by atoms with E-state index in [1.165, 1.54) is 0 Å². The molecule has 0 bridgehead atoms. The molecule has 0 amide bonds. The Morgan fingerprint density at radius 1 is 1.38 bits per heavy atom. The molecule has 50 valence electrons. The number of nitrogens with two attached hydrogens (primary N) is 1. The van der Waals surface area contributed by atoms with Crippen LogP contribution >= 0.6 is 0 Å². The summed E-state index contributed by atoms with van der Waals surface area (Å²) in [5.41, 5.74) is 5.67. The second-order valence-electron chi connectivity index (χ2n) is 1.82. The molecule has 0 aliphatic rings. The van der Waals surface area contributed by atoms with Gasteiger partial charge < -0.3 is 5.73 Å². The molecule has 3 heteroatoms. The van der Waals surface area contributed by atoms with E-state index in [9.17, 15) is 0 Å². The van der Waals surface area contributed by atoms with Gasteiger partial charge in [0.25, 0.3) is 0 Å². The molecule has 0 radical (unpaired) electrons. The van der Waals surface area contributed by atoms with E-state index in [-0.39, 0.29) is 5.79 Å². The fourth-order valence-corrected chi connectivity index (χ4v) is 0.479. The predicted octanol–water partition coefficient (Wildman–Crippen LogP) is -0.552. The Morgan fingerprint density at radius 2 is 1.75 bits per heavy atom. The van der Waals surface area contributed by atoms with Gasteiger partial charge in [0.15, 0.2) is 0 Å². The summed E-state index contributed by atoms with van der Waals surface area (Å²) in [4.78, 5) is 0. The molecule has 0 fully saturated rings. The molecule has 0 spiro atoms. The molecule has 0 aromatic rings. The van der Waals surface area contributed by atoms with Crippen LogP contribution < -0.4 is 16.4 Å². The Balaban J connectivity index is 3.58. The zero-order chi connectivity index (χ0) is 6.62. The van der Waals surface area contributed by atoms with Crippen LogP contribution in [-0.4, -0.2) is 19.9 Å². The number of hydrogen-bond acceptors (Lipinski definition) is 3. The molecule has 0 aliphatic heterocycles. The number of hydrogen-bond donors (Lipinski definition) is 3. The van der Waals surface area contributed by atoms with Crippen molar-refractivity contribution in [3.8, 4) is 0 Å². The van der Waals surface area contributed by atoms with Gasteiger partial charge >= 0.3 is 0 Å². The highest BCUT2D eigenvalue weighted by molar-refractivity contribution is 4.71. The van der Waals surface area contributed by atoms with E-state index in [1.54, 1.807) is 0 Å². The molecule has 8 heavy (non-hydrogen) atoms. The molecule has 0 aliphatic carbocycles. The Labute approximate surface area is 50.6 Å². The first-order valence-corrected chi connectivity index (χ1v) is 2.85. The second kappa shape index (κ2) is 3.02. The average molecular weight is 117 g/mol. The Bertz CT molecular complexity index is 50.4. The molecule has 0 heterocycles. The van der Waals surface area contributed by atoms with Crippen molar-refractivity contribution < 1.29 is 0 Å². The van der Waals surface area contributed by atoms with Gasteiger partial charge in [-0.25, -0.2) is 0 Å². The minimum Gasteiger partial charge on any atom is -0.301 e. The highest BCUT2D eigenvalue weighted by atomic mass is 15.3. The largest absolute Gasteiger partial charge is 0.301 e. The zero-order valence-corrected chi connectivity index (χ0v) is 5.78. The monoisotopic (exact) mass is 117 g/mol. The summed E-state index contributed by atoms with van der Waals surface area (Å²) in [5, 5.41) is 5.89. The fraction of sp³-hybridized carbons (Fsp3) is 1.00. The SMILES string of the molecule is CCC(N)(NC)NC. The van der Waals surface area contributed by atoms with E-state index in [2.05, 4.69) is 10.6 Å². The molecule has 4 N–H and O–H groups in total. The van der Waals surface area contributed by atoms with Gasteiger partial charge in [-0.15, -0.1) is 0 Å². The minimum absolute atomic E-state index is 0.375. The fourth-order valence-electron chi connectivity index (χ4n) is 0.479. The van der Waals surface area contributed by atoms with Crippen molar-refractivity contribution >= 4 is 0 Å². The molecule has 0 aromatic carbocycles. The Morgan fingerprint density at radius 3 is 1.75 bits per heavy atom. The average Bonchev–Trinajstić information content (AvgIpc) is 1.87. The van der Waals surface area contributed by atoms with E-state index < -0.39 is 0 Å². The maximum Gasteiger partial charge on any atom is 0.120 e. The zero-order valence-electron chi connectivity index (χ0n) is 5.78. The number of rotatable bonds is 3. The van der Waals surface area contributed by atoms with Gasteiger partial charge in [0.1, 0.15) is 5.79 Å². The predicted molar refractivity (Wildman–Crippen MR) is 35.3 cm³/mol. The van der Waals surface area contributed by atoms with E-state index in [1.807, 2.05) is 21.0 Å². The highest BCUT2D eigenvalue weighted by Crippen LogP contribution is 1.91. The first kappa shape index (κ1) is 7.88. The summed E-state index contributed by atoms with van der Waals surface area (Å²) >= 11 is 0. The quantitative estimate of drug-likeness (QED) is 0.435. The van der Waals surface area contributed by atoms with Crippen molar-refractivity contribution in [2.45, 2.75) is 19.1 Å². The van der Waals surface area contributed by atoms with Crippen molar-refractivity contribution in [2.75, 3.05) is 14.1 Å². The van der Waals surface area contributed by atoms with Gasteiger partial charge in [0, 0.05) is 0 Å². The second-order valence-corrected chi connectivity index (χ2v) is 1.82. The van der Waals surface area contributed by atoms with Crippen LogP contribution in [-0.2, 0) is 0 Å². The van der Waals surface area contributed by atoms with Crippen molar-refractivity contribution in [3.63, 3.8) is 0 Å². The van der Waals surface area contributed by atoms with Crippen molar-refractivity contribution in [2.24, 2.45) is 5.73 Å². The molecular weight excluding hydrogens is 102 g/mol. The van der Waals surface area contributed by atoms with Crippen LogP contribution in [0.5, 0.6) is 0 Å². The summed E-state index contributed by atoms with van der Waals surface area (Å²) in [5.74, 6) is -0.375. The van der Waals surface area contributed by atoms with Crippen molar-refractivity contribution in [1.82, 2.24) is 10.6 Å². The van der Waals surface area contributed by atoms with Crippen molar-refractivity contribution in [1.29, 1.82) is 0 Å². The first-order chi connectivity index (χ1) is 3.68. The molecule has 0 saturated heterocycles. The third kappa shape index (κ3) is 1.78.